The van der Waals surface area contributed by atoms with Gasteiger partial charge >= 0.3 is 0 Å². The lowest BCUT2D eigenvalue weighted by molar-refractivity contribution is -0.107. The number of rotatable bonds is 5. The van der Waals surface area contributed by atoms with Gasteiger partial charge in [0.2, 0.25) is 0 Å². The fraction of sp³-hybridized carbons (Fsp3) is 0.273. The number of nitrogen functional groups attached to an aromatic ring is 1. The van der Waals surface area contributed by atoms with Gasteiger partial charge in [0.15, 0.2) is 5.78 Å². The van der Waals surface area contributed by atoms with Gasteiger partial charge in [0.05, 0.1) is 0 Å². The van der Waals surface area contributed by atoms with Crippen molar-refractivity contribution in [2.75, 3.05) is 5.73 Å². The smallest absolute Gasteiger partial charge is 0.162 e. The summed E-state index contributed by atoms with van der Waals surface area (Å²) in [7, 11) is 0. The van der Waals surface area contributed by atoms with Crippen LogP contribution in [0.2, 0.25) is 0 Å². The van der Waals surface area contributed by atoms with Crippen molar-refractivity contribution in [1.82, 2.24) is 0 Å². The molecule has 0 heterocycles. The van der Waals surface area contributed by atoms with Crippen LogP contribution in [0.15, 0.2) is 24.3 Å². The highest BCUT2D eigenvalue weighted by atomic mass is 16.1. The molecule has 0 amide bonds. The fourth-order valence-corrected chi connectivity index (χ4v) is 1.20. The molecule has 0 aromatic heterocycles. The van der Waals surface area contributed by atoms with E-state index in [9.17, 15) is 9.59 Å². The van der Waals surface area contributed by atoms with Gasteiger partial charge in [-0.25, -0.2) is 0 Å². The number of anilines is 1. The van der Waals surface area contributed by atoms with Crippen LogP contribution in [0, 0.1) is 0 Å². The summed E-state index contributed by atoms with van der Waals surface area (Å²) >= 11 is 0. The van der Waals surface area contributed by atoms with E-state index in [1.807, 2.05) is 0 Å². The molecule has 74 valence electrons. The largest absolute Gasteiger partial charge is 0.399 e. The minimum atomic E-state index is 0.0409. The lowest BCUT2D eigenvalue weighted by atomic mass is 10.1. The van der Waals surface area contributed by atoms with E-state index in [4.69, 9.17) is 5.73 Å². The summed E-state index contributed by atoms with van der Waals surface area (Å²) < 4.78 is 0. The first-order valence-corrected chi connectivity index (χ1v) is 4.56. The van der Waals surface area contributed by atoms with Crippen LogP contribution < -0.4 is 5.73 Å². The molecule has 3 nitrogen and oxygen atoms in total. The number of benzene rings is 1. The Morgan fingerprint density at radius 3 is 2.86 bits per heavy atom. The van der Waals surface area contributed by atoms with E-state index in [1.165, 1.54) is 0 Å². The number of hydrogen-bond donors (Lipinski definition) is 1. The molecular weight excluding hydrogens is 178 g/mol. The van der Waals surface area contributed by atoms with Gasteiger partial charge in [0.25, 0.3) is 0 Å². The number of Topliss-reactive ketones (excluding diaryl/α,β-unsaturated/α-hetero) is 1. The van der Waals surface area contributed by atoms with Gasteiger partial charge in [0.1, 0.15) is 6.29 Å². The summed E-state index contributed by atoms with van der Waals surface area (Å²) in [6.45, 7) is 0. The van der Waals surface area contributed by atoms with Gasteiger partial charge in [-0.05, 0) is 18.6 Å². The van der Waals surface area contributed by atoms with Crippen LogP contribution >= 0.6 is 0 Å². The second-order valence-electron chi connectivity index (χ2n) is 3.11. The van der Waals surface area contributed by atoms with Gasteiger partial charge in [-0.3, -0.25) is 4.79 Å². The molecule has 0 saturated carbocycles. The van der Waals surface area contributed by atoms with Crippen molar-refractivity contribution in [3.63, 3.8) is 0 Å². The number of nitrogens with two attached hydrogens (primary N) is 1. The van der Waals surface area contributed by atoms with Gasteiger partial charge in [-0.15, -0.1) is 0 Å². The number of carbonyl (C=O) groups excluding carboxylic acids is 2. The van der Waals surface area contributed by atoms with Gasteiger partial charge < -0.3 is 10.5 Å². The first-order chi connectivity index (χ1) is 6.74. The third-order valence-electron chi connectivity index (χ3n) is 1.93. The molecule has 0 spiro atoms. The maximum atomic E-state index is 11.5. The van der Waals surface area contributed by atoms with Crippen molar-refractivity contribution < 1.29 is 9.59 Å². The van der Waals surface area contributed by atoms with Crippen LogP contribution in [0.1, 0.15) is 29.6 Å². The van der Waals surface area contributed by atoms with Crippen molar-refractivity contribution in [2.45, 2.75) is 19.3 Å². The number of ketones is 1. The van der Waals surface area contributed by atoms with Crippen molar-refractivity contribution in [3.05, 3.63) is 29.8 Å². The van der Waals surface area contributed by atoms with Crippen LogP contribution in [-0.2, 0) is 4.79 Å². The van der Waals surface area contributed by atoms with Crippen molar-refractivity contribution in [3.8, 4) is 0 Å². The van der Waals surface area contributed by atoms with Crippen LogP contribution in [-0.4, -0.2) is 12.1 Å². The summed E-state index contributed by atoms with van der Waals surface area (Å²) in [6, 6.07) is 6.88. The Hall–Kier alpha value is -1.64. The van der Waals surface area contributed by atoms with E-state index in [-0.39, 0.29) is 5.78 Å². The quantitative estimate of drug-likeness (QED) is 0.334. The van der Waals surface area contributed by atoms with Crippen LogP contribution in [0.25, 0.3) is 0 Å². The Labute approximate surface area is 82.9 Å². The van der Waals surface area contributed by atoms with E-state index in [2.05, 4.69) is 0 Å². The highest BCUT2D eigenvalue weighted by molar-refractivity contribution is 5.96. The zero-order valence-corrected chi connectivity index (χ0v) is 7.90. The molecule has 0 fully saturated rings. The van der Waals surface area contributed by atoms with Crippen molar-refractivity contribution >= 4 is 17.8 Å². The lowest BCUT2D eigenvalue weighted by Gasteiger charge is -2.00. The number of carbonyl (C=O) groups is 2. The topological polar surface area (TPSA) is 60.2 Å². The van der Waals surface area contributed by atoms with E-state index in [1.54, 1.807) is 24.3 Å². The normalized spacial score (nSPS) is 9.71. The average Bonchev–Trinajstić information content (AvgIpc) is 2.18. The Kier molecular flexibility index (Phi) is 3.85. The van der Waals surface area contributed by atoms with Crippen LogP contribution in [0.5, 0.6) is 0 Å². The molecule has 0 atom stereocenters. The Bertz CT molecular complexity index is 334. The number of hydrogen-bond acceptors (Lipinski definition) is 3. The van der Waals surface area contributed by atoms with Crippen LogP contribution in [0.4, 0.5) is 5.69 Å². The molecule has 0 saturated heterocycles. The second-order valence-corrected chi connectivity index (χ2v) is 3.11. The van der Waals surface area contributed by atoms with Crippen molar-refractivity contribution in [1.29, 1.82) is 0 Å². The molecule has 0 unspecified atom stereocenters. The summed E-state index contributed by atoms with van der Waals surface area (Å²) in [5.74, 6) is 0.0409. The molecule has 3 heteroatoms. The molecule has 1 rings (SSSR count). The zero-order chi connectivity index (χ0) is 10.4. The molecule has 2 N–H and O–H groups in total. The summed E-state index contributed by atoms with van der Waals surface area (Å²) in [6.07, 6.45) is 2.28. The standard InChI is InChI=1S/C11H13NO2/c12-10-5-3-4-9(8-10)11(14)6-1-2-7-13/h3-5,7-8H,1-2,6,12H2. The average molecular weight is 191 g/mol. The Morgan fingerprint density at radius 2 is 2.21 bits per heavy atom. The number of aldehydes is 1. The van der Waals surface area contributed by atoms with Gasteiger partial charge in [-0.2, -0.15) is 0 Å². The predicted molar refractivity (Wildman–Crippen MR) is 55.1 cm³/mol. The minimum absolute atomic E-state index is 0.0409. The van der Waals surface area contributed by atoms with Gasteiger partial charge in [-0.1, -0.05) is 12.1 Å². The Morgan fingerprint density at radius 1 is 1.43 bits per heavy atom. The molecule has 0 radical (unpaired) electrons. The monoisotopic (exact) mass is 191 g/mol. The summed E-state index contributed by atoms with van der Waals surface area (Å²) in [5, 5.41) is 0. The van der Waals surface area contributed by atoms with E-state index >= 15 is 0 Å². The fourth-order valence-electron chi connectivity index (χ4n) is 1.20. The number of unbranched alkanes of at least 4 members (excludes halogenated alkanes) is 1. The maximum Gasteiger partial charge on any atom is 0.162 e. The van der Waals surface area contributed by atoms with E-state index < -0.39 is 0 Å². The highest BCUT2D eigenvalue weighted by Gasteiger charge is 2.04. The molecule has 0 aliphatic heterocycles. The molecule has 0 aliphatic carbocycles. The molecule has 0 aliphatic rings. The lowest BCUT2D eigenvalue weighted by Crippen LogP contribution is -1.99. The van der Waals surface area contributed by atoms with E-state index in [0.29, 0.717) is 30.5 Å². The maximum absolute atomic E-state index is 11.5. The first-order valence-electron chi connectivity index (χ1n) is 4.56. The molecule has 1 aromatic rings. The van der Waals surface area contributed by atoms with Crippen LogP contribution in [0.3, 0.4) is 0 Å². The second kappa shape index (κ2) is 5.17. The summed E-state index contributed by atoms with van der Waals surface area (Å²) in [4.78, 5) is 21.5. The van der Waals surface area contributed by atoms with Gasteiger partial charge in [0, 0.05) is 24.1 Å². The summed E-state index contributed by atoms with van der Waals surface area (Å²) in [5.41, 5.74) is 6.75. The third-order valence-corrected chi connectivity index (χ3v) is 1.93. The predicted octanol–water partition coefficient (Wildman–Crippen LogP) is 1.82. The SMILES string of the molecule is Nc1cccc(C(=O)CCCC=O)c1. The Balaban J connectivity index is 2.56. The molecular formula is C11H13NO2. The minimum Gasteiger partial charge on any atom is -0.399 e. The zero-order valence-electron chi connectivity index (χ0n) is 7.90. The first kappa shape index (κ1) is 10.4. The molecule has 14 heavy (non-hydrogen) atoms. The molecule has 1 aromatic carbocycles. The third kappa shape index (κ3) is 3.01. The highest BCUT2D eigenvalue weighted by Crippen LogP contribution is 2.10. The van der Waals surface area contributed by atoms with E-state index in [0.717, 1.165) is 6.29 Å². The van der Waals surface area contributed by atoms with Crippen molar-refractivity contribution in [2.24, 2.45) is 0 Å². The molecule has 0 bridgehead atoms.